The molecule has 0 N–H and O–H groups in total. The van der Waals surface area contributed by atoms with Gasteiger partial charge in [0.1, 0.15) is 0 Å². The highest BCUT2D eigenvalue weighted by atomic mass is 16.5. The van der Waals surface area contributed by atoms with Gasteiger partial charge in [0, 0.05) is 12.1 Å². The first-order chi connectivity index (χ1) is 10.0. The maximum absolute atomic E-state index is 12.6. The summed E-state index contributed by atoms with van der Waals surface area (Å²) < 4.78 is 10.0. The highest BCUT2D eigenvalue weighted by Crippen LogP contribution is 2.18. The third-order valence-electron chi connectivity index (χ3n) is 3.69. The lowest BCUT2D eigenvalue weighted by Gasteiger charge is -2.33. The molecule has 114 valence electrons. The molecule has 0 saturated carbocycles. The van der Waals surface area contributed by atoms with Gasteiger partial charge in [-0.05, 0) is 23.6 Å². The summed E-state index contributed by atoms with van der Waals surface area (Å²) in [4.78, 5) is 25.9. The van der Waals surface area contributed by atoms with Crippen LogP contribution < -0.4 is 0 Å². The summed E-state index contributed by atoms with van der Waals surface area (Å²) in [6, 6.07) is 6.85. The summed E-state index contributed by atoms with van der Waals surface area (Å²) in [5.74, 6) is -0.189. The summed E-state index contributed by atoms with van der Waals surface area (Å²) in [7, 11) is 1.32. The Labute approximate surface area is 124 Å². The fraction of sp³-hybridized carbons (Fsp3) is 0.500. The molecule has 1 heterocycles. The fourth-order valence-electron chi connectivity index (χ4n) is 2.35. The molecule has 5 nitrogen and oxygen atoms in total. The number of carbonyl (C=O) groups is 2. The standard InChI is InChI=1S/C16H21NO4/c1-11(2)12-4-6-13(7-5-12)15(18)17-8-9-21-10-14(17)16(19)20-3/h4-7,11,14H,8-10H2,1-3H3. The van der Waals surface area contributed by atoms with Gasteiger partial charge in [0.25, 0.3) is 5.91 Å². The minimum atomic E-state index is -0.666. The number of nitrogens with zero attached hydrogens (tertiary/aromatic N) is 1. The molecule has 5 heteroatoms. The van der Waals surface area contributed by atoms with Crippen LogP contribution in [0.2, 0.25) is 0 Å². The highest BCUT2D eigenvalue weighted by Gasteiger charge is 2.34. The molecular formula is C16H21NO4. The number of methoxy groups -OCH3 is 1. The van der Waals surface area contributed by atoms with Crippen molar-refractivity contribution in [2.75, 3.05) is 26.9 Å². The van der Waals surface area contributed by atoms with Gasteiger partial charge in [0.2, 0.25) is 0 Å². The number of rotatable bonds is 3. The van der Waals surface area contributed by atoms with E-state index in [1.807, 2.05) is 24.3 Å². The van der Waals surface area contributed by atoms with Crippen LogP contribution in [0.15, 0.2) is 24.3 Å². The topological polar surface area (TPSA) is 55.8 Å². The van der Waals surface area contributed by atoms with Crippen LogP contribution in [0.25, 0.3) is 0 Å². The van der Waals surface area contributed by atoms with Crippen LogP contribution >= 0.6 is 0 Å². The van der Waals surface area contributed by atoms with Crippen LogP contribution in [0, 0.1) is 0 Å². The number of benzene rings is 1. The minimum Gasteiger partial charge on any atom is -0.467 e. The predicted octanol–water partition coefficient (Wildman–Crippen LogP) is 1.82. The van der Waals surface area contributed by atoms with E-state index in [9.17, 15) is 9.59 Å². The number of hydrogen-bond donors (Lipinski definition) is 0. The fourth-order valence-corrected chi connectivity index (χ4v) is 2.35. The zero-order chi connectivity index (χ0) is 15.4. The quantitative estimate of drug-likeness (QED) is 0.797. The number of hydrogen-bond acceptors (Lipinski definition) is 4. The van der Waals surface area contributed by atoms with Crippen molar-refractivity contribution >= 4 is 11.9 Å². The first-order valence-electron chi connectivity index (χ1n) is 7.11. The summed E-state index contributed by atoms with van der Waals surface area (Å²) in [5.41, 5.74) is 1.76. The van der Waals surface area contributed by atoms with Gasteiger partial charge in [-0.25, -0.2) is 4.79 Å². The number of carbonyl (C=O) groups excluding carboxylic acids is 2. The van der Waals surface area contributed by atoms with Crippen LogP contribution in [0.1, 0.15) is 35.7 Å². The lowest BCUT2D eigenvalue weighted by atomic mass is 10.0. The maximum atomic E-state index is 12.6. The summed E-state index contributed by atoms with van der Waals surface area (Å²) >= 11 is 0. The van der Waals surface area contributed by atoms with E-state index in [-0.39, 0.29) is 12.5 Å². The van der Waals surface area contributed by atoms with E-state index in [0.29, 0.717) is 24.6 Å². The number of amides is 1. The first kappa shape index (κ1) is 15.5. The molecule has 0 aliphatic carbocycles. The van der Waals surface area contributed by atoms with Gasteiger partial charge in [-0.2, -0.15) is 0 Å². The van der Waals surface area contributed by atoms with E-state index in [4.69, 9.17) is 9.47 Å². The summed E-state index contributed by atoms with van der Waals surface area (Å²) in [6.07, 6.45) is 0. The Morgan fingerprint density at radius 2 is 1.95 bits per heavy atom. The van der Waals surface area contributed by atoms with E-state index in [2.05, 4.69) is 13.8 Å². The second kappa shape index (κ2) is 6.72. The molecule has 0 aromatic heterocycles. The van der Waals surface area contributed by atoms with Crippen LogP contribution in [0.3, 0.4) is 0 Å². The normalized spacial score (nSPS) is 18.7. The Bertz CT molecular complexity index is 510. The molecule has 1 aromatic carbocycles. The second-order valence-electron chi connectivity index (χ2n) is 5.39. The van der Waals surface area contributed by atoms with Gasteiger partial charge in [-0.1, -0.05) is 26.0 Å². The van der Waals surface area contributed by atoms with E-state index < -0.39 is 12.0 Å². The van der Waals surface area contributed by atoms with Crippen molar-refractivity contribution in [1.82, 2.24) is 4.90 Å². The Morgan fingerprint density at radius 3 is 2.52 bits per heavy atom. The predicted molar refractivity (Wildman–Crippen MR) is 78.2 cm³/mol. The molecule has 1 amide bonds. The average Bonchev–Trinajstić information content (AvgIpc) is 2.53. The molecule has 21 heavy (non-hydrogen) atoms. The molecule has 1 aliphatic rings. The largest absolute Gasteiger partial charge is 0.467 e. The molecule has 1 unspecified atom stereocenters. The summed E-state index contributed by atoms with van der Waals surface area (Å²) in [6.45, 7) is 5.22. The lowest BCUT2D eigenvalue weighted by molar-refractivity contribution is -0.151. The molecule has 1 aliphatic heterocycles. The Morgan fingerprint density at radius 1 is 1.29 bits per heavy atom. The molecule has 0 spiro atoms. The van der Waals surface area contributed by atoms with E-state index in [1.54, 1.807) is 0 Å². The molecule has 1 aromatic rings. The zero-order valence-electron chi connectivity index (χ0n) is 12.7. The van der Waals surface area contributed by atoms with Crippen LogP contribution in [-0.4, -0.2) is 49.7 Å². The SMILES string of the molecule is COC(=O)C1COCCN1C(=O)c1ccc(C(C)C)cc1. The average molecular weight is 291 g/mol. The molecule has 0 radical (unpaired) electrons. The molecular weight excluding hydrogens is 270 g/mol. The Balaban J connectivity index is 2.18. The molecule has 2 rings (SSSR count). The highest BCUT2D eigenvalue weighted by molar-refractivity contribution is 5.97. The van der Waals surface area contributed by atoms with Crippen LogP contribution in [0.4, 0.5) is 0 Å². The number of ether oxygens (including phenoxy) is 2. The molecule has 1 saturated heterocycles. The minimum absolute atomic E-state index is 0.163. The van der Waals surface area contributed by atoms with Crippen LogP contribution in [-0.2, 0) is 14.3 Å². The number of esters is 1. The lowest BCUT2D eigenvalue weighted by Crippen LogP contribution is -2.53. The third kappa shape index (κ3) is 3.42. The number of morpholine rings is 1. The molecule has 1 atom stereocenters. The van der Waals surface area contributed by atoms with Crippen molar-refractivity contribution in [1.29, 1.82) is 0 Å². The second-order valence-corrected chi connectivity index (χ2v) is 5.39. The zero-order valence-corrected chi connectivity index (χ0v) is 12.7. The van der Waals surface area contributed by atoms with E-state index >= 15 is 0 Å². The van der Waals surface area contributed by atoms with Crippen LogP contribution in [0.5, 0.6) is 0 Å². The van der Waals surface area contributed by atoms with Crippen molar-refractivity contribution in [3.63, 3.8) is 0 Å². The van der Waals surface area contributed by atoms with Crippen molar-refractivity contribution in [3.05, 3.63) is 35.4 Å². The third-order valence-corrected chi connectivity index (χ3v) is 3.69. The van der Waals surface area contributed by atoms with E-state index in [1.165, 1.54) is 17.6 Å². The van der Waals surface area contributed by atoms with E-state index in [0.717, 1.165) is 0 Å². The van der Waals surface area contributed by atoms with Gasteiger partial charge < -0.3 is 14.4 Å². The van der Waals surface area contributed by atoms with Crippen molar-refractivity contribution < 1.29 is 19.1 Å². The van der Waals surface area contributed by atoms with Crippen molar-refractivity contribution in [2.24, 2.45) is 0 Å². The Hall–Kier alpha value is -1.88. The van der Waals surface area contributed by atoms with Gasteiger partial charge in [-0.3, -0.25) is 4.79 Å². The summed E-state index contributed by atoms with van der Waals surface area (Å²) in [5, 5.41) is 0. The molecule has 1 fully saturated rings. The maximum Gasteiger partial charge on any atom is 0.331 e. The van der Waals surface area contributed by atoms with Gasteiger partial charge in [0.15, 0.2) is 6.04 Å². The van der Waals surface area contributed by atoms with Gasteiger partial charge >= 0.3 is 5.97 Å². The smallest absolute Gasteiger partial charge is 0.331 e. The Kier molecular flexibility index (Phi) is 4.96. The van der Waals surface area contributed by atoms with Crippen molar-refractivity contribution in [2.45, 2.75) is 25.8 Å². The first-order valence-corrected chi connectivity index (χ1v) is 7.11. The van der Waals surface area contributed by atoms with Gasteiger partial charge in [-0.15, -0.1) is 0 Å². The monoisotopic (exact) mass is 291 g/mol. The van der Waals surface area contributed by atoms with Crippen molar-refractivity contribution in [3.8, 4) is 0 Å². The molecule has 0 bridgehead atoms. The van der Waals surface area contributed by atoms with Gasteiger partial charge in [0.05, 0.1) is 20.3 Å².